The van der Waals surface area contributed by atoms with E-state index in [-0.39, 0.29) is 16.9 Å². The van der Waals surface area contributed by atoms with E-state index in [1.54, 1.807) is 0 Å². The summed E-state index contributed by atoms with van der Waals surface area (Å²) in [5.41, 5.74) is 0.722. The van der Waals surface area contributed by atoms with Crippen LogP contribution in [0.1, 0.15) is 49.4 Å². The first-order valence-electron chi connectivity index (χ1n) is 11.8. The van der Waals surface area contributed by atoms with Crippen molar-refractivity contribution in [2.75, 3.05) is 41.4 Å². The van der Waals surface area contributed by atoms with Gasteiger partial charge >= 0.3 is 0 Å². The molecule has 6 nitrogen and oxygen atoms in total. The Morgan fingerprint density at radius 3 is 2.12 bits per heavy atom. The van der Waals surface area contributed by atoms with Gasteiger partial charge in [-0.1, -0.05) is 25.3 Å². The summed E-state index contributed by atoms with van der Waals surface area (Å²) in [5, 5.41) is 0. The third-order valence-electron chi connectivity index (χ3n) is 6.46. The van der Waals surface area contributed by atoms with Gasteiger partial charge < -0.3 is 14.0 Å². The standard InChI is InChI=1S/C25H38Cl2N4O2/c1-29(2)22(26)16-32-20-12-11-19(15-21(20)33-17-23(27)30(3)4)24(18-9-7-6-8-10-18)25-28-13-14-31(25)5/h11-15,18,22-24H,6-10,16-17H2,1-5H3. The lowest BCUT2D eigenvalue weighted by molar-refractivity contribution is 0.206. The SMILES string of the molecule is CN(C)C(Cl)COc1ccc(C(c2nccn2C)C2CCCCC2)cc1OCC(Cl)N(C)C. The van der Waals surface area contributed by atoms with Gasteiger partial charge in [0.1, 0.15) is 30.0 Å². The number of hydrogen-bond acceptors (Lipinski definition) is 5. The number of alkyl halides is 2. The third kappa shape index (κ3) is 7.01. The van der Waals surface area contributed by atoms with E-state index in [2.05, 4.69) is 23.7 Å². The normalized spacial score (nSPS) is 17.8. The van der Waals surface area contributed by atoms with E-state index in [1.165, 1.54) is 37.7 Å². The van der Waals surface area contributed by atoms with Crippen LogP contribution in [0, 0.1) is 5.92 Å². The highest BCUT2D eigenvalue weighted by molar-refractivity contribution is 6.20. The summed E-state index contributed by atoms with van der Waals surface area (Å²) >= 11 is 12.8. The number of aryl methyl sites for hydroxylation is 1. The van der Waals surface area contributed by atoms with Crippen LogP contribution in [0.2, 0.25) is 0 Å². The molecule has 0 bridgehead atoms. The summed E-state index contributed by atoms with van der Waals surface area (Å²) in [7, 11) is 9.80. The van der Waals surface area contributed by atoms with Crippen molar-refractivity contribution in [2.45, 2.75) is 49.0 Å². The Kier molecular flexibility index (Phi) is 9.74. The fraction of sp³-hybridized carbons (Fsp3) is 0.640. The molecule has 1 heterocycles. The molecular formula is C25H38Cl2N4O2. The number of nitrogens with zero attached hydrogens (tertiary/aromatic N) is 4. The molecule has 0 saturated heterocycles. The molecule has 1 aliphatic rings. The zero-order chi connectivity index (χ0) is 24.0. The Hall–Kier alpha value is -1.47. The molecule has 0 spiro atoms. The average molecular weight is 498 g/mol. The summed E-state index contributed by atoms with van der Waals surface area (Å²) in [6, 6.07) is 6.27. The average Bonchev–Trinajstić information content (AvgIpc) is 3.22. The molecular weight excluding hydrogens is 459 g/mol. The Morgan fingerprint density at radius 2 is 1.58 bits per heavy atom. The van der Waals surface area contributed by atoms with Crippen LogP contribution in [0.4, 0.5) is 0 Å². The molecule has 0 amide bonds. The lowest BCUT2D eigenvalue weighted by atomic mass is 9.76. The zero-order valence-corrected chi connectivity index (χ0v) is 22.0. The highest BCUT2D eigenvalue weighted by atomic mass is 35.5. The van der Waals surface area contributed by atoms with Crippen LogP contribution in [0.3, 0.4) is 0 Å². The molecule has 1 aliphatic carbocycles. The number of likely N-dealkylation sites (N-methyl/N-ethyl adjacent to an activating group) is 2. The number of hydrogen-bond donors (Lipinski definition) is 0. The van der Waals surface area contributed by atoms with E-state index >= 15 is 0 Å². The second-order valence-corrected chi connectivity index (χ2v) is 10.4. The minimum Gasteiger partial charge on any atom is -0.487 e. The van der Waals surface area contributed by atoms with E-state index in [1.807, 2.05) is 56.5 Å². The summed E-state index contributed by atoms with van der Waals surface area (Å²) in [6.45, 7) is 0.705. The van der Waals surface area contributed by atoms with Gasteiger partial charge in [0.05, 0.1) is 0 Å². The highest BCUT2D eigenvalue weighted by Gasteiger charge is 2.30. The molecule has 3 rings (SSSR count). The maximum absolute atomic E-state index is 6.43. The second kappa shape index (κ2) is 12.3. The molecule has 3 unspecified atom stereocenters. The van der Waals surface area contributed by atoms with Crippen LogP contribution in [-0.4, -0.2) is 71.8 Å². The molecule has 1 fully saturated rings. The minimum absolute atomic E-state index is 0.213. The molecule has 0 N–H and O–H groups in total. The van der Waals surface area contributed by atoms with Crippen LogP contribution >= 0.6 is 23.2 Å². The smallest absolute Gasteiger partial charge is 0.161 e. The summed E-state index contributed by atoms with van der Waals surface area (Å²) < 4.78 is 14.4. The molecule has 1 aromatic carbocycles. The van der Waals surface area contributed by atoms with Gasteiger partial charge in [-0.15, -0.1) is 23.2 Å². The van der Waals surface area contributed by atoms with Crippen molar-refractivity contribution in [1.82, 2.24) is 19.4 Å². The molecule has 3 atom stereocenters. The first kappa shape index (κ1) is 26.1. The summed E-state index contributed by atoms with van der Waals surface area (Å²) in [4.78, 5) is 8.57. The van der Waals surface area contributed by atoms with Gasteiger partial charge in [-0.25, -0.2) is 4.98 Å². The fourth-order valence-electron chi connectivity index (χ4n) is 4.34. The van der Waals surface area contributed by atoms with Gasteiger partial charge in [0.2, 0.25) is 0 Å². The highest BCUT2D eigenvalue weighted by Crippen LogP contribution is 2.42. The quantitative estimate of drug-likeness (QED) is 0.318. The van der Waals surface area contributed by atoms with Crippen molar-refractivity contribution in [2.24, 2.45) is 13.0 Å². The van der Waals surface area contributed by atoms with Crippen LogP contribution in [-0.2, 0) is 7.05 Å². The molecule has 1 aromatic heterocycles. The molecule has 8 heteroatoms. The van der Waals surface area contributed by atoms with Gasteiger partial charge in [-0.2, -0.15) is 0 Å². The van der Waals surface area contributed by atoms with Crippen molar-refractivity contribution in [1.29, 1.82) is 0 Å². The lowest BCUT2D eigenvalue weighted by Gasteiger charge is -2.31. The number of imidazole rings is 1. The lowest BCUT2D eigenvalue weighted by Crippen LogP contribution is -2.29. The molecule has 2 aromatic rings. The van der Waals surface area contributed by atoms with Crippen LogP contribution in [0.5, 0.6) is 11.5 Å². The van der Waals surface area contributed by atoms with Crippen molar-refractivity contribution >= 4 is 23.2 Å². The predicted molar refractivity (Wildman–Crippen MR) is 136 cm³/mol. The first-order chi connectivity index (χ1) is 15.8. The maximum atomic E-state index is 6.43. The minimum atomic E-state index is -0.243. The first-order valence-corrected chi connectivity index (χ1v) is 12.6. The monoisotopic (exact) mass is 496 g/mol. The number of halogens is 2. The van der Waals surface area contributed by atoms with E-state index in [0.29, 0.717) is 30.6 Å². The Balaban J connectivity index is 1.93. The summed E-state index contributed by atoms with van der Waals surface area (Å²) in [6.07, 6.45) is 10.2. The summed E-state index contributed by atoms with van der Waals surface area (Å²) in [5.74, 6) is 3.24. The number of benzene rings is 1. The third-order valence-corrected chi connectivity index (χ3v) is 7.49. The van der Waals surface area contributed by atoms with Gasteiger partial charge in [0, 0.05) is 25.4 Å². The maximum Gasteiger partial charge on any atom is 0.161 e. The van der Waals surface area contributed by atoms with E-state index in [4.69, 9.17) is 37.7 Å². The Labute approximate surface area is 208 Å². The van der Waals surface area contributed by atoms with Crippen molar-refractivity contribution in [3.8, 4) is 11.5 Å². The molecule has 0 aliphatic heterocycles. The van der Waals surface area contributed by atoms with Crippen LogP contribution < -0.4 is 9.47 Å². The van der Waals surface area contributed by atoms with Gasteiger partial charge in [0.25, 0.3) is 0 Å². The topological polar surface area (TPSA) is 42.8 Å². The number of rotatable bonds is 11. The second-order valence-electron chi connectivity index (χ2n) is 9.40. The van der Waals surface area contributed by atoms with E-state index in [9.17, 15) is 0 Å². The van der Waals surface area contributed by atoms with Crippen LogP contribution in [0.15, 0.2) is 30.6 Å². The number of aromatic nitrogens is 2. The number of ether oxygens (including phenoxy) is 2. The van der Waals surface area contributed by atoms with E-state index < -0.39 is 0 Å². The Bertz CT molecular complexity index is 868. The molecule has 184 valence electrons. The fourth-order valence-corrected chi connectivity index (χ4v) is 4.47. The van der Waals surface area contributed by atoms with E-state index in [0.717, 1.165) is 5.82 Å². The zero-order valence-electron chi connectivity index (χ0n) is 20.5. The van der Waals surface area contributed by atoms with Crippen molar-refractivity contribution in [3.63, 3.8) is 0 Å². The molecule has 1 saturated carbocycles. The van der Waals surface area contributed by atoms with Gasteiger partial charge in [-0.05, 0) is 64.6 Å². The Morgan fingerprint density at radius 1 is 0.970 bits per heavy atom. The van der Waals surface area contributed by atoms with Gasteiger partial charge in [-0.3, -0.25) is 9.80 Å². The van der Waals surface area contributed by atoms with Crippen molar-refractivity contribution < 1.29 is 9.47 Å². The predicted octanol–water partition coefficient (Wildman–Crippen LogP) is 5.14. The van der Waals surface area contributed by atoms with Crippen molar-refractivity contribution in [3.05, 3.63) is 42.0 Å². The largest absolute Gasteiger partial charge is 0.487 e. The molecule has 0 radical (unpaired) electrons. The molecule has 33 heavy (non-hydrogen) atoms. The van der Waals surface area contributed by atoms with Crippen LogP contribution in [0.25, 0.3) is 0 Å². The van der Waals surface area contributed by atoms with Gasteiger partial charge in [0.15, 0.2) is 11.5 Å².